The summed E-state index contributed by atoms with van der Waals surface area (Å²) in [5.74, 6) is 0.723. The standard InChI is InChI=1S/C25H23N3O2S/c1-18(31-25-26-16-17-28(25)20-12-14-21(30-2)15-13-20)24(29)27-23-11-7-6-10-22(23)19-8-4-3-5-9-19/h3-18H,1-2H3,(H,27,29). The number of hydrogen-bond acceptors (Lipinski definition) is 4. The quantitative estimate of drug-likeness (QED) is 0.385. The first-order chi connectivity index (χ1) is 15.2. The van der Waals surface area contributed by atoms with Crippen LogP contribution in [-0.4, -0.2) is 27.8 Å². The number of methoxy groups -OCH3 is 1. The van der Waals surface area contributed by atoms with Crippen LogP contribution in [-0.2, 0) is 4.79 Å². The molecule has 5 nitrogen and oxygen atoms in total. The molecule has 1 unspecified atom stereocenters. The number of benzene rings is 3. The van der Waals surface area contributed by atoms with Crippen LogP contribution in [0.5, 0.6) is 5.75 Å². The molecule has 1 atom stereocenters. The van der Waals surface area contributed by atoms with Crippen LogP contribution < -0.4 is 10.1 Å². The molecule has 1 aromatic heterocycles. The molecule has 0 aliphatic rings. The number of carbonyl (C=O) groups is 1. The van der Waals surface area contributed by atoms with Gasteiger partial charge < -0.3 is 10.1 Å². The summed E-state index contributed by atoms with van der Waals surface area (Å²) in [4.78, 5) is 17.4. The van der Waals surface area contributed by atoms with Gasteiger partial charge in [-0.25, -0.2) is 4.98 Å². The first-order valence-electron chi connectivity index (χ1n) is 9.95. The number of carbonyl (C=O) groups excluding carboxylic acids is 1. The van der Waals surface area contributed by atoms with Crippen molar-refractivity contribution in [3.05, 3.63) is 91.3 Å². The number of anilines is 1. The van der Waals surface area contributed by atoms with Gasteiger partial charge in [-0.1, -0.05) is 60.3 Å². The van der Waals surface area contributed by atoms with Crippen LogP contribution in [0.2, 0.25) is 0 Å². The summed E-state index contributed by atoms with van der Waals surface area (Å²) in [5, 5.41) is 3.51. The van der Waals surface area contributed by atoms with Gasteiger partial charge in [0.25, 0.3) is 0 Å². The van der Waals surface area contributed by atoms with E-state index < -0.39 is 0 Å². The van der Waals surface area contributed by atoms with E-state index in [2.05, 4.69) is 10.3 Å². The summed E-state index contributed by atoms with van der Waals surface area (Å²) in [7, 11) is 1.64. The lowest BCUT2D eigenvalue weighted by Crippen LogP contribution is -2.23. The average molecular weight is 430 g/mol. The zero-order chi connectivity index (χ0) is 21.6. The molecule has 1 heterocycles. The van der Waals surface area contributed by atoms with Crippen LogP contribution in [0.25, 0.3) is 16.8 Å². The molecular formula is C25H23N3O2S. The molecule has 0 fully saturated rings. The first-order valence-corrected chi connectivity index (χ1v) is 10.8. The molecule has 0 aliphatic carbocycles. The van der Waals surface area contributed by atoms with E-state index in [0.717, 1.165) is 33.4 Å². The topological polar surface area (TPSA) is 56.2 Å². The molecule has 31 heavy (non-hydrogen) atoms. The van der Waals surface area contributed by atoms with Gasteiger partial charge in [0.05, 0.1) is 12.4 Å². The minimum Gasteiger partial charge on any atom is -0.497 e. The molecule has 1 amide bonds. The molecular weight excluding hydrogens is 406 g/mol. The molecule has 4 aromatic rings. The van der Waals surface area contributed by atoms with E-state index in [1.165, 1.54) is 11.8 Å². The van der Waals surface area contributed by atoms with Crippen molar-refractivity contribution in [2.24, 2.45) is 0 Å². The third-order valence-electron chi connectivity index (χ3n) is 4.88. The number of nitrogens with one attached hydrogen (secondary N) is 1. The lowest BCUT2D eigenvalue weighted by atomic mass is 10.0. The summed E-state index contributed by atoms with van der Waals surface area (Å²) in [6, 6.07) is 25.6. The minimum atomic E-state index is -0.330. The lowest BCUT2D eigenvalue weighted by molar-refractivity contribution is -0.115. The second-order valence-corrected chi connectivity index (χ2v) is 8.25. The summed E-state index contributed by atoms with van der Waals surface area (Å²) in [6.45, 7) is 1.89. The van der Waals surface area contributed by atoms with E-state index in [9.17, 15) is 4.79 Å². The van der Waals surface area contributed by atoms with Gasteiger partial charge in [0.2, 0.25) is 5.91 Å². The highest BCUT2D eigenvalue weighted by Crippen LogP contribution is 2.30. The summed E-state index contributed by atoms with van der Waals surface area (Å²) in [6.07, 6.45) is 3.63. The molecule has 1 N–H and O–H groups in total. The van der Waals surface area contributed by atoms with Crippen LogP contribution in [0.1, 0.15) is 6.92 Å². The zero-order valence-corrected chi connectivity index (χ0v) is 18.2. The average Bonchev–Trinajstić information content (AvgIpc) is 3.28. The highest BCUT2D eigenvalue weighted by molar-refractivity contribution is 8.00. The number of aromatic nitrogens is 2. The van der Waals surface area contributed by atoms with Crippen LogP contribution in [0.4, 0.5) is 5.69 Å². The SMILES string of the molecule is COc1ccc(-n2ccnc2SC(C)C(=O)Nc2ccccc2-c2ccccc2)cc1. The Morgan fingerprint density at radius 1 is 1.00 bits per heavy atom. The highest BCUT2D eigenvalue weighted by Gasteiger charge is 2.19. The van der Waals surface area contributed by atoms with Crippen molar-refractivity contribution < 1.29 is 9.53 Å². The Morgan fingerprint density at radius 2 is 1.71 bits per heavy atom. The predicted octanol–water partition coefficient (Wildman–Crippen LogP) is 5.67. The van der Waals surface area contributed by atoms with Gasteiger partial charge in [0.15, 0.2) is 5.16 Å². The van der Waals surface area contributed by atoms with Gasteiger partial charge in [-0.2, -0.15) is 0 Å². The van der Waals surface area contributed by atoms with Gasteiger partial charge in [-0.05, 0) is 42.8 Å². The maximum atomic E-state index is 13.0. The summed E-state index contributed by atoms with van der Waals surface area (Å²) >= 11 is 1.42. The lowest BCUT2D eigenvalue weighted by Gasteiger charge is -2.15. The Morgan fingerprint density at radius 3 is 2.45 bits per heavy atom. The fourth-order valence-corrected chi connectivity index (χ4v) is 4.11. The zero-order valence-electron chi connectivity index (χ0n) is 17.4. The number of para-hydroxylation sites is 1. The van der Waals surface area contributed by atoms with Gasteiger partial charge in [-0.3, -0.25) is 9.36 Å². The van der Waals surface area contributed by atoms with E-state index in [0.29, 0.717) is 0 Å². The molecule has 0 radical (unpaired) electrons. The third-order valence-corrected chi connectivity index (χ3v) is 5.96. The molecule has 0 aliphatic heterocycles. The van der Waals surface area contributed by atoms with Crippen LogP contribution in [0.3, 0.4) is 0 Å². The Hall–Kier alpha value is -3.51. The molecule has 0 saturated carbocycles. The molecule has 4 rings (SSSR count). The molecule has 0 bridgehead atoms. The number of nitrogens with zero attached hydrogens (tertiary/aromatic N) is 2. The van der Waals surface area contributed by atoms with Crippen molar-refractivity contribution in [3.8, 4) is 22.6 Å². The number of hydrogen-bond donors (Lipinski definition) is 1. The van der Waals surface area contributed by atoms with Crippen LogP contribution in [0, 0.1) is 0 Å². The van der Waals surface area contributed by atoms with Crippen molar-refractivity contribution in [2.75, 3.05) is 12.4 Å². The predicted molar refractivity (Wildman–Crippen MR) is 126 cm³/mol. The van der Waals surface area contributed by atoms with Gasteiger partial charge in [0, 0.05) is 29.3 Å². The number of rotatable bonds is 7. The Balaban J connectivity index is 1.49. The molecule has 6 heteroatoms. The molecule has 3 aromatic carbocycles. The Bertz CT molecular complexity index is 1160. The maximum Gasteiger partial charge on any atom is 0.237 e. The monoisotopic (exact) mass is 429 g/mol. The third kappa shape index (κ3) is 4.81. The fraction of sp³-hybridized carbons (Fsp3) is 0.120. The van der Waals surface area contributed by atoms with Crippen molar-refractivity contribution in [1.29, 1.82) is 0 Å². The number of imidazole rings is 1. The normalized spacial score (nSPS) is 11.7. The highest BCUT2D eigenvalue weighted by atomic mass is 32.2. The summed E-state index contributed by atoms with van der Waals surface area (Å²) in [5.41, 5.74) is 3.81. The molecule has 0 saturated heterocycles. The Kier molecular flexibility index (Phi) is 6.38. The van der Waals surface area contributed by atoms with Crippen molar-refractivity contribution >= 4 is 23.4 Å². The van der Waals surface area contributed by atoms with E-state index in [4.69, 9.17) is 4.74 Å². The van der Waals surface area contributed by atoms with Gasteiger partial charge in [0.1, 0.15) is 5.75 Å². The first kappa shape index (κ1) is 20.8. The maximum absolute atomic E-state index is 13.0. The van der Waals surface area contributed by atoms with E-state index >= 15 is 0 Å². The largest absolute Gasteiger partial charge is 0.497 e. The Labute approximate surface area is 186 Å². The molecule has 156 valence electrons. The second-order valence-electron chi connectivity index (χ2n) is 6.94. The van der Waals surface area contributed by atoms with Crippen molar-refractivity contribution in [3.63, 3.8) is 0 Å². The van der Waals surface area contributed by atoms with Gasteiger partial charge >= 0.3 is 0 Å². The molecule has 0 spiro atoms. The second kappa shape index (κ2) is 9.53. The van der Waals surface area contributed by atoms with E-state index in [1.807, 2.05) is 96.6 Å². The fourth-order valence-electron chi connectivity index (χ4n) is 3.22. The summed E-state index contributed by atoms with van der Waals surface area (Å²) < 4.78 is 7.19. The van der Waals surface area contributed by atoms with Crippen LogP contribution in [0.15, 0.2) is 96.4 Å². The number of ether oxygens (including phenoxy) is 1. The van der Waals surface area contributed by atoms with Crippen LogP contribution >= 0.6 is 11.8 Å². The van der Waals surface area contributed by atoms with E-state index in [1.54, 1.807) is 13.3 Å². The minimum absolute atomic E-state index is 0.0716. The number of amides is 1. The number of thioether (sulfide) groups is 1. The smallest absolute Gasteiger partial charge is 0.237 e. The van der Waals surface area contributed by atoms with Crippen molar-refractivity contribution in [1.82, 2.24) is 9.55 Å². The van der Waals surface area contributed by atoms with Crippen molar-refractivity contribution in [2.45, 2.75) is 17.3 Å². The van der Waals surface area contributed by atoms with E-state index in [-0.39, 0.29) is 11.2 Å². The van der Waals surface area contributed by atoms with Gasteiger partial charge in [-0.15, -0.1) is 0 Å².